The number of nitrogens with one attached hydrogen (secondary N) is 1. The van der Waals surface area contributed by atoms with Crippen molar-refractivity contribution >= 4 is 17.7 Å². The number of nitrogens with two attached hydrogens (primary N) is 1. The van der Waals surface area contributed by atoms with Gasteiger partial charge in [-0.1, -0.05) is 12.1 Å². The summed E-state index contributed by atoms with van der Waals surface area (Å²) < 4.78 is 10.7. The third-order valence-electron chi connectivity index (χ3n) is 2.51. The van der Waals surface area contributed by atoms with E-state index in [9.17, 15) is 4.79 Å². The van der Waals surface area contributed by atoms with E-state index in [1.165, 1.54) is 6.08 Å². The number of nitrogen functional groups attached to an aromatic ring is 1. The number of anilines is 1. The summed E-state index contributed by atoms with van der Waals surface area (Å²) in [5, 5.41) is 2.73. The van der Waals surface area contributed by atoms with E-state index in [0.717, 1.165) is 5.56 Å². The molecule has 0 spiro atoms. The zero-order chi connectivity index (χ0) is 14.8. The monoisotopic (exact) mass is 278 g/mol. The second kappa shape index (κ2) is 9.12. The van der Waals surface area contributed by atoms with Crippen LogP contribution in [0.2, 0.25) is 0 Å². The van der Waals surface area contributed by atoms with E-state index >= 15 is 0 Å². The Bertz CT molecular complexity index is 423. The molecule has 0 radical (unpaired) electrons. The first-order valence-electron chi connectivity index (χ1n) is 6.70. The van der Waals surface area contributed by atoms with E-state index < -0.39 is 6.29 Å². The van der Waals surface area contributed by atoms with E-state index in [1.54, 1.807) is 18.2 Å². The van der Waals surface area contributed by atoms with E-state index in [2.05, 4.69) is 5.32 Å². The summed E-state index contributed by atoms with van der Waals surface area (Å²) >= 11 is 0. The molecule has 0 fully saturated rings. The molecule has 0 saturated carbocycles. The molecule has 0 bridgehead atoms. The average Bonchev–Trinajstić information content (AvgIpc) is 2.44. The van der Waals surface area contributed by atoms with E-state index in [0.29, 0.717) is 25.4 Å². The van der Waals surface area contributed by atoms with Crippen LogP contribution in [0.4, 0.5) is 5.69 Å². The third-order valence-corrected chi connectivity index (χ3v) is 2.51. The zero-order valence-corrected chi connectivity index (χ0v) is 12.0. The Labute approximate surface area is 119 Å². The molecule has 1 amide bonds. The van der Waals surface area contributed by atoms with E-state index in [4.69, 9.17) is 15.2 Å². The van der Waals surface area contributed by atoms with Crippen molar-refractivity contribution in [3.8, 4) is 0 Å². The van der Waals surface area contributed by atoms with E-state index in [-0.39, 0.29) is 5.91 Å². The number of ether oxygens (including phenoxy) is 2. The van der Waals surface area contributed by atoms with Crippen molar-refractivity contribution in [1.29, 1.82) is 0 Å². The summed E-state index contributed by atoms with van der Waals surface area (Å²) in [4.78, 5) is 11.7. The Kier molecular flexibility index (Phi) is 7.39. The summed E-state index contributed by atoms with van der Waals surface area (Å²) in [6, 6.07) is 7.28. The minimum absolute atomic E-state index is 0.189. The topological polar surface area (TPSA) is 73.6 Å². The van der Waals surface area contributed by atoms with Gasteiger partial charge >= 0.3 is 0 Å². The summed E-state index contributed by atoms with van der Waals surface area (Å²) in [5.41, 5.74) is 7.20. The molecular weight excluding hydrogens is 256 g/mol. The van der Waals surface area contributed by atoms with Crippen LogP contribution in [-0.2, 0) is 14.3 Å². The molecule has 1 aromatic rings. The standard InChI is InChI=1S/C15H22N2O3/c1-3-19-15(20-4-2)11-17-14(18)10-7-12-5-8-13(16)9-6-12/h5-10,15H,3-4,11,16H2,1-2H3,(H,17,18)/b10-7+. The fourth-order valence-corrected chi connectivity index (χ4v) is 1.56. The van der Waals surface area contributed by atoms with Gasteiger partial charge in [0, 0.05) is 25.0 Å². The van der Waals surface area contributed by atoms with Gasteiger partial charge in [-0.25, -0.2) is 0 Å². The quantitative estimate of drug-likeness (QED) is 0.432. The molecule has 3 N–H and O–H groups in total. The fraction of sp³-hybridized carbons (Fsp3) is 0.400. The van der Waals surface area contributed by atoms with Crippen LogP contribution in [0.15, 0.2) is 30.3 Å². The normalized spacial score (nSPS) is 11.2. The molecule has 0 heterocycles. The molecule has 0 aromatic heterocycles. The van der Waals surface area contributed by atoms with Crippen LogP contribution in [0.25, 0.3) is 6.08 Å². The highest BCUT2D eigenvalue weighted by Crippen LogP contribution is 2.06. The van der Waals surface area contributed by atoms with Crippen LogP contribution in [-0.4, -0.2) is 32.0 Å². The smallest absolute Gasteiger partial charge is 0.244 e. The third kappa shape index (κ3) is 6.36. The van der Waals surface area contributed by atoms with Gasteiger partial charge in [-0.05, 0) is 37.6 Å². The maximum atomic E-state index is 11.7. The van der Waals surface area contributed by atoms with Gasteiger partial charge in [-0.15, -0.1) is 0 Å². The van der Waals surface area contributed by atoms with Crippen LogP contribution in [0.1, 0.15) is 19.4 Å². The summed E-state index contributed by atoms with van der Waals surface area (Å²) in [7, 11) is 0. The number of rotatable bonds is 8. The predicted octanol–water partition coefficient (Wildman–Crippen LogP) is 1.80. The largest absolute Gasteiger partial charge is 0.399 e. The van der Waals surface area contributed by atoms with Gasteiger partial charge in [0.2, 0.25) is 5.91 Å². The molecule has 0 atom stereocenters. The van der Waals surface area contributed by atoms with Crippen molar-refractivity contribution in [2.75, 3.05) is 25.5 Å². The van der Waals surface area contributed by atoms with Gasteiger partial charge in [-0.3, -0.25) is 4.79 Å². The lowest BCUT2D eigenvalue weighted by molar-refractivity contribution is -0.138. The lowest BCUT2D eigenvalue weighted by atomic mass is 10.2. The number of carbonyl (C=O) groups is 1. The summed E-state index contributed by atoms with van der Waals surface area (Å²) in [5.74, 6) is -0.189. The molecule has 0 saturated heterocycles. The number of amides is 1. The second-order valence-electron chi connectivity index (χ2n) is 4.09. The molecule has 1 rings (SSSR count). The molecular formula is C15H22N2O3. The lowest BCUT2D eigenvalue weighted by Gasteiger charge is -2.16. The predicted molar refractivity (Wildman–Crippen MR) is 79.9 cm³/mol. The van der Waals surface area contributed by atoms with Gasteiger partial charge in [0.05, 0.1) is 6.54 Å². The molecule has 0 unspecified atom stereocenters. The minimum atomic E-state index is -0.404. The molecule has 1 aromatic carbocycles. The van der Waals surface area contributed by atoms with Crippen LogP contribution in [0.3, 0.4) is 0 Å². The molecule has 5 heteroatoms. The van der Waals surface area contributed by atoms with Crippen molar-refractivity contribution in [3.05, 3.63) is 35.9 Å². The molecule has 0 aliphatic heterocycles. The highest BCUT2D eigenvalue weighted by molar-refractivity contribution is 5.91. The first-order valence-corrected chi connectivity index (χ1v) is 6.70. The van der Waals surface area contributed by atoms with Gasteiger partial charge in [-0.2, -0.15) is 0 Å². The van der Waals surface area contributed by atoms with Crippen LogP contribution in [0, 0.1) is 0 Å². The average molecular weight is 278 g/mol. The van der Waals surface area contributed by atoms with Crippen molar-refractivity contribution < 1.29 is 14.3 Å². The number of hydrogen-bond acceptors (Lipinski definition) is 4. The van der Waals surface area contributed by atoms with Crippen LogP contribution >= 0.6 is 0 Å². The highest BCUT2D eigenvalue weighted by atomic mass is 16.7. The molecule has 110 valence electrons. The Morgan fingerprint density at radius 2 is 1.85 bits per heavy atom. The van der Waals surface area contributed by atoms with Gasteiger partial charge in [0.1, 0.15) is 0 Å². The number of carbonyl (C=O) groups excluding carboxylic acids is 1. The fourth-order valence-electron chi connectivity index (χ4n) is 1.56. The first kappa shape index (κ1) is 16.2. The minimum Gasteiger partial charge on any atom is -0.399 e. The van der Waals surface area contributed by atoms with Crippen molar-refractivity contribution in [3.63, 3.8) is 0 Å². The highest BCUT2D eigenvalue weighted by Gasteiger charge is 2.08. The van der Waals surface area contributed by atoms with Crippen LogP contribution in [0.5, 0.6) is 0 Å². The Hall–Kier alpha value is -1.85. The number of hydrogen-bond donors (Lipinski definition) is 2. The number of benzene rings is 1. The van der Waals surface area contributed by atoms with Gasteiger partial charge < -0.3 is 20.5 Å². The Morgan fingerprint density at radius 3 is 2.40 bits per heavy atom. The molecule has 20 heavy (non-hydrogen) atoms. The Balaban J connectivity index is 2.40. The van der Waals surface area contributed by atoms with Crippen molar-refractivity contribution in [2.45, 2.75) is 20.1 Å². The van der Waals surface area contributed by atoms with Gasteiger partial charge in [0.25, 0.3) is 0 Å². The SMILES string of the molecule is CCOC(CNC(=O)/C=C/c1ccc(N)cc1)OCC. The van der Waals surface area contributed by atoms with Gasteiger partial charge in [0.15, 0.2) is 6.29 Å². The van der Waals surface area contributed by atoms with E-state index in [1.807, 2.05) is 26.0 Å². The summed E-state index contributed by atoms with van der Waals surface area (Å²) in [6.45, 7) is 5.18. The molecule has 0 aliphatic carbocycles. The maximum absolute atomic E-state index is 11.7. The Morgan fingerprint density at radius 1 is 1.25 bits per heavy atom. The zero-order valence-electron chi connectivity index (χ0n) is 12.0. The maximum Gasteiger partial charge on any atom is 0.244 e. The van der Waals surface area contributed by atoms with Crippen molar-refractivity contribution in [1.82, 2.24) is 5.32 Å². The van der Waals surface area contributed by atoms with Crippen molar-refractivity contribution in [2.24, 2.45) is 0 Å². The molecule has 5 nitrogen and oxygen atoms in total. The van der Waals surface area contributed by atoms with Crippen LogP contribution < -0.4 is 11.1 Å². The lowest BCUT2D eigenvalue weighted by Crippen LogP contribution is -2.34. The summed E-state index contributed by atoms with van der Waals surface area (Å²) in [6.07, 6.45) is 2.80. The second-order valence-corrected chi connectivity index (χ2v) is 4.09. The first-order chi connectivity index (χ1) is 9.65. The molecule has 0 aliphatic rings.